The van der Waals surface area contributed by atoms with E-state index in [1.807, 2.05) is 12.1 Å². The number of rotatable bonds is 10. The van der Waals surface area contributed by atoms with E-state index in [1.165, 1.54) is 36.3 Å². The number of thioether (sulfide) groups is 1. The van der Waals surface area contributed by atoms with Gasteiger partial charge in [-0.3, -0.25) is 24.1 Å². The van der Waals surface area contributed by atoms with Crippen LogP contribution < -0.4 is 29.7 Å². The number of nitrogens with one attached hydrogen (secondary N) is 2. The Balaban J connectivity index is 1.04. The minimum Gasteiger partial charge on any atom is -0.493 e. The van der Waals surface area contributed by atoms with E-state index in [1.54, 1.807) is 49.0 Å². The van der Waals surface area contributed by atoms with Crippen LogP contribution in [0.15, 0.2) is 81.4 Å². The molecule has 0 unspecified atom stereocenters. The van der Waals surface area contributed by atoms with Gasteiger partial charge < -0.3 is 24.5 Å². The molecule has 17 heteroatoms. The summed E-state index contributed by atoms with van der Waals surface area (Å²) >= 11 is 2.72. The number of methoxy groups -OCH3 is 1. The molecule has 0 spiro atoms. The Bertz CT molecular complexity index is 2360. The van der Waals surface area contributed by atoms with Gasteiger partial charge in [0.05, 0.1) is 46.7 Å². The van der Waals surface area contributed by atoms with Gasteiger partial charge in [-0.1, -0.05) is 17.4 Å². The Morgan fingerprint density at radius 3 is 2.33 bits per heavy atom. The number of fused-ring (bicyclic) bond motifs is 9. The molecule has 2 bridgehead atoms. The zero-order valence-corrected chi connectivity index (χ0v) is 31.3. The molecule has 4 N–H and O–H groups in total. The third kappa shape index (κ3) is 6.08. The van der Waals surface area contributed by atoms with Crippen LogP contribution in [0.5, 0.6) is 11.5 Å². The lowest BCUT2D eigenvalue weighted by molar-refractivity contribution is -0.123. The van der Waals surface area contributed by atoms with Crippen molar-refractivity contribution < 1.29 is 41.8 Å². The number of esters is 1. The fourth-order valence-corrected chi connectivity index (χ4v) is 12.1. The fourth-order valence-electron chi connectivity index (χ4n) is 8.67. The van der Waals surface area contributed by atoms with Crippen LogP contribution in [-0.4, -0.2) is 62.7 Å². The van der Waals surface area contributed by atoms with E-state index < -0.39 is 33.7 Å². The Labute approximate surface area is 317 Å². The second-order valence-corrected chi connectivity index (χ2v) is 17.3. The van der Waals surface area contributed by atoms with Crippen LogP contribution >= 0.6 is 23.1 Å². The molecule has 3 aromatic carbocycles. The number of carbonyl (C=O) groups is 4. The number of carbonyl (C=O) groups excluding carboxylic acids is 4. The smallest absolute Gasteiger partial charge is 0.338 e. The first-order valence-corrected chi connectivity index (χ1v) is 20.4. The van der Waals surface area contributed by atoms with Crippen LogP contribution in [-0.2, 0) is 29.1 Å². The number of ether oxygens (including phenoxy) is 3. The average Bonchev–Trinajstić information content (AvgIpc) is 3.89. The van der Waals surface area contributed by atoms with Crippen molar-refractivity contribution >= 4 is 68.2 Å². The summed E-state index contributed by atoms with van der Waals surface area (Å²) in [5.41, 5.74) is 1.94. The standard InChI is InChI=1S/C37H34N4O10S3/c1-3-50-36(45)17-4-9-20(10-5-17)41-34(43)29-22-15-23(30(29)35(41)44)31-28(22)27(32-33(52-31)40-37(46)53-32)18-6-13-24(25(14-18)49-2)51-16-26(42)39-19-7-11-21(12-8-19)54(38,47)48/h4-14,22-23,27-31H,3,15-16H2,1-2H3,(H,39,42)(H,40,46)(H2,38,47,48)/t22-,23-,27+,28-,29+,30+,31-/m1/s1. The molecule has 54 heavy (non-hydrogen) atoms. The summed E-state index contributed by atoms with van der Waals surface area (Å²) in [5.74, 6) is -2.37. The minimum absolute atomic E-state index is 0.0356. The normalized spacial score (nSPS) is 25.2. The first-order chi connectivity index (χ1) is 25.9. The molecule has 4 aromatic rings. The van der Waals surface area contributed by atoms with Gasteiger partial charge in [0, 0.05) is 21.7 Å². The topological polar surface area (TPSA) is 204 Å². The predicted molar refractivity (Wildman–Crippen MR) is 198 cm³/mol. The number of primary sulfonamides is 1. The maximum atomic E-state index is 14.2. The Hall–Kier alpha value is -4.97. The number of benzene rings is 3. The number of aromatic nitrogens is 1. The lowest BCUT2D eigenvalue weighted by atomic mass is 9.68. The number of H-pyrrole nitrogens is 1. The van der Waals surface area contributed by atoms with Crippen molar-refractivity contribution in [2.75, 3.05) is 30.5 Å². The summed E-state index contributed by atoms with van der Waals surface area (Å²) in [6.45, 7) is 1.58. The molecule has 3 heterocycles. The van der Waals surface area contributed by atoms with Crippen molar-refractivity contribution in [2.24, 2.45) is 34.7 Å². The molecule has 2 aliphatic heterocycles. The number of hydrogen-bond acceptors (Lipinski definition) is 12. The lowest BCUT2D eigenvalue weighted by Crippen LogP contribution is -2.42. The summed E-state index contributed by atoms with van der Waals surface area (Å²) < 4.78 is 39.7. The van der Waals surface area contributed by atoms with Crippen molar-refractivity contribution in [1.29, 1.82) is 0 Å². The van der Waals surface area contributed by atoms with Gasteiger partial charge in [-0.2, -0.15) is 0 Å². The first kappa shape index (κ1) is 36.0. The number of aromatic amines is 1. The molecule has 7 atom stereocenters. The molecule has 2 saturated carbocycles. The second kappa shape index (κ2) is 13.7. The van der Waals surface area contributed by atoms with Gasteiger partial charge in [0.1, 0.15) is 0 Å². The number of hydrogen-bond donors (Lipinski definition) is 3. The highest BCUT2D eigenvalue weighted by Gasteiger charge is 2.69. The fraction of sp³-hybridized carbons (Fsp3) is 0.324. The quantitative estimate of drug-likeness (QED) is 0.155. The Kier molecular flexibility index (Phi) is 9.15. The Morgan fingerprint density at radius 1 is 0.963 bits per heavy atom. The molecule has 4 aliphatic rings. The molecule has 2 aliphatic carbocycles. The third-order valence-electron chi connectivity index (χ3n) is 10.7. The van der Waals surface area contributed by atoms with E-state index in [-0.39, 0.29) is 63.7 Å². The maximum absolute atomic E-state index is 14.2. The monoisotopic (exact) mass is 790 g/mol. The van der Waals surface area contributed by atoms with Crippen LogP contribution in [0.3, 0.4) is 0 Å². The molecule has 280 valence electrons. The highest BCUT2D eigenvalue weighted by Crippen LogP contribution is 2.68. The van der Waals surface area contributed by atoms with Gasteiger partial charge in [0.15, 0.2) is 18.1 Å². The largest absolute Gasteiger partial charge is 0.493 e. The van der Waals surface area contributed by atoms with Gasteiger partial charge in [-0.15, -0.1) is 11.8 Å². The third-order valence-corrected chi connectivity index (χ3v) is 14.3. The summed E-state index contributed by atoms with van der Waals surface area (Å²) in [6, 6.07) is 17.1. The lowest BCUT2D eigenvalue weighted by Gasteiger charge is -2.43. The summed E-state index contributed by atoms with van der Waals surface area (Å²) in [6.07, 6.45) is 0.707. The SMILES string of the molecule is CCOC(=O)c1ccc(N2C(=O)[C@H]3[C@H]4C[C@@H]([C@@H]3C2=O)[C@@H]2[C@H](c3ccc(OCC(=O)Nc5ccc(S(N)(=O)=O)cc5)c(OC)c3)c3sc(=O)[nH]c3S[C@H]42)cc1. The number of nitrogens with zero attached hydrogens (tertiary/aromatic N) is 1. The van der Waals surface area contributed by atoms with Gasteiger partial charge >= 0.3 is 10.8 Å². The molecule has 8 rings (SSSR count). The minimum atomic E-state index is -3.87. The summed E-state index contributed by atoms with van der Waals surface area (Å²) in [5, 5.41) is 8.52. The van der Waals surface area contributed by atoms with Crippen LogP contribution in [0.4, 0.5) is 11.4 Å². The van der Waals surface area contributed by atoms with Crippen LogP contribution in [0, 0.1) is 29.6 Å². The average molecular weight is 791 g/mol. The molecule has 1 aromatic heterocycles. The highest BCUT2D eigenvalue weighted by atomic mass is 32.2. The highest BCUT2D eigenvalue weighted by molar-refractivity contribution is 8.00. The van der Waals surface area contributed by atoms with E-state index in [0.29, 0.717) is 34.9 Å². The molecular formula is C37H34N4O10S3. The number of anilines is 2. The zero-order chi connectivity index (χ0) is 38.1. The molecule has 1 saturated heterocycles. The summed E-state index contributed by atoms with van der Waals surface area (Å²) in [4.78, 5) is 70.7. The first-order valence-electron chi connectivity index (χ1n) is 17.2. The summed E-state index contributed by atoms with van der Waals surface area (Å²) in [7, 11) is -2.39. The zero-order valence-electron chi connectivity index (χ0n) is 28.8. The van der Waals surface area contributed by atoms with Gasteiger partial charge in [0.2, 0.25) is 21.8 Å². The molecule has 3 fully saturated rings. The van der Waals surface area contributed by atoms with Gasteiger partial charge in [0.25, 0.3) is 5.91 Å². The Morgan fingerprint density at radius 2 is 1.67 bits per heavy atom. The predicted octanol–water partition coefficient (Wildman–Crippen LogP) is 3.96. The van der Waals surface area contributed by atoms with E-state index in [4.69, 9.17) is 19.3 Å². The van der Waals surface area contributed by atoms with Crippen LogP contribution in [0.2, 0.25) is 0 Å². The molecule has 14 nitrogen and oxygen atoms in total. The van der Waals surface area contributed by atoms with Crippen molar-refractivity contribution in [2.45, 2.75) is 34.4 Å². The van der Waals surface area contributed by atoms with Crippen molar-refractivity contribution in [3.63, 3.8) is 0 Å². The second-order valence-electron chi connectivity index (χ2n) is 13.6. The molecule has 3 amide bonds. The maximum Gasteiger partial charge on any atom is 0.338 e. The van der Waals surface area contributed by atoms with E-state index in [0.717, 1.165) is 26.8 Å². The number of nitrogens with two attached hydrogens (primary N) is 1. The number of imide groups is 1. The van der Waals surface area contributed by atoms with Crippen LogP contribution in [0.1, 0.15) is 40.1 Å². The van der Waals surface area contributed by atoms with E-state index >= 15 is 0 Å². The number of thiazole rings is 1. The molecule has 0 radical (unpaired) electrons. The van der Waals surface area contributed by atoms with E-state index in [9.17, 15) is 32.4 Å². The van der Waals surface area contributed by atoms with E-state index in [2.05, 4.69) is 10.3 Å². The molecular weight excluding hydrogens is 757 g/mol. The number of sulfonamides is 1. The van der Waals surface area contributed by atoms with Crippen molar-refractivity contribution in [3.05, 3.63) is 92.4 Å². The van der Waals surface area contributed by atoms with Gasteiger partial charge in [-0.05, 0) is 97.3 Å². The van der Waals surface area contributed by atoms with Crippen molar-refractivity contribution in [1.82, 2.24) is 4.98 Å². The van der Waals surface area contributed by atoms with Crippen LogP contribution in [0.25, 0.3) is 0 Å². The number of amides is 3. The van der Waals surface area contributed by atoms with Crippen molar-refractivity contribution in [3.8, 4) is 11.5 Å². The van der Waals surface area contributed by atoms with Gasteiger partial charge in [-0.25, -0.2) is 18.4 Å².